The molecule has 0 saturated heterocycles. The summed E-state index contributed by atoms with van der Waals surface area (Å²) in [5, 5.41) is 21.8. The van der Waals surface area contributed by atoms with Gasteiger partial charge in [0, 0.05) is 24.3 Å². The van der Waals surface area contributed by atoms with E-state index in [1.807, 2.05) is 13.8 Å². The number of hydrogen-bond acceptors (Lipinski definition) is 3. The van der Waals surface area contributed by atoms with E-state index >= 15 is 0 Å². The van der Waals surface area contributed by atoms with Gasteiger partial charge in [-0.1, -0.05) is 18.2 Å². The summed E-state index contributed by atoms with van der Waals surface area (Å²) in [4.78, 5) is 0. The molecule has 1 aromatic carbocycles. The lowest BCUT2D eigenvalue weighted by Gasteiger charge is -2.27. The zero-order chi connectivity index (χ0) is 12.9. The average Bonchev–Trinajstić information content (AvgIpc) is 2.27. The standard InChI is InChI=1S/C13H20FNO2/c1-13(2,7-8-16)15-9-12(17)10-5-3-4-6-11(10)14/h3-6,12,15-17H,7-9H2,1-2H3. The third kappa shape index (κ3) is 4.42. The van der Waals surface area contributed by atoms with Crippen molar-refractivity contribution in [3.05, 3.63) is 35.6 Å². The van der Waals surface area contributed by atoms with Crippen molar-refractivity contribution >= 4 is 0 Å². The number of aliphatic hydroxyl groups excluding tert-OH is 2. The first-order valence-electron chi connectivity index (χ1n) is 5.74. The van der Waals surface area contributed by atoms with E-state index in [2.05, 4.69) is 5.32 Å². The normalized spacial score (nSPS) is 13.7. The molecule has 0 fully saturated rings. The minimum atomic E-state index is -0.880. The molecule has 96 valence electrons. The van der Waals surface area contributed by atoms with Gasteiger partial charge in [0.2, 0.25) is 0 Å². The summed E-state index contributed by atoms with van der Waals surface area (Å²) in [5.41, 5.74) is 0.0147. The summed E-state index contributed by atoms with van der Waals surface area (Å²) in [5.74, 6) is -0.401. The van der Waals surface area contributed by atoms with Crippen LogP contribution >= 0.6 is 0 Å². The van der Waals surface area contributed by atoms with Crippen LogP contribution in [0, 0.1) is 5.82 Å². The van der Waals surface area contributed by atoms with E-state index < -0.39 is 11.9 Å². The second-order valence-corrected chi connectivity index (χ2v) is 4.78. The molecule has 0 heterocycles. The molecule has 1 rings (SSSR count). The maximum Gasteiger partial charge on any atom is 0.129 e. The summed E-state index contributed by atoms with van der Waals surface area (Å²) in [6.07, 6.45) is -0.300. The van der Waals surface area contributed by atoms with E-state index in [1.165, 1.54) is 6.07 Å². The lowest BCUT2D eigenvalue weighted by Crippen LogP contribution is -2.42. The van der Waals surface area contributed by atoms with Crippen LogP contribution in [0.5, 0.6) is 0 Å². The van der Waals surface area contributed by atoms with Crippen molar-refractivity contribution in [2.24, 2.45) is 0 Å². The number of rotatable bonds is 6. The number of halogens is 1. The highest BCUT2D eigenvalue weighted by Crippen LogP contribution is 2.17. The van der Waals surface area contributed by atoms with Crippen molar-refractivity contribution in [2.75, 3.05) is 13.2 Å². The van der Waals surface area contributed by atoms with Crippen LogP contribution in [0.4, 0.5) is 4.39 Å². The van der Waals surface area contributed by atoms with Gasteiger partial charge in [0.05, 0.1) is 6.10 Å². The third-order valence-corrected chi connectivity index (χ3v) is 2.77. The minimum absolute atomic E-state index is 0.0792. The zero-order valence-electron chi connectivity index (χ0n) is 10.3. The van der Waals surface area contributed by atoms with Crippen molar-refractivity contribution < 1.29 is 14.6 Å². The second-order valence-electron chi connectivity index (χ2n) is 4.78. The summed E-state index contributed by atoms with van der Waals surface area (Å²) in [6, 6.07) is 6.19. The monoisotopic (exact) mass is 241 g/mol. The molecular formula is C13H20FNO2. The Morgan fingerprint density at radius 2 is 2.00 bits per heavy atom. The number of aliphatic hydroxyl groups is 2. The fourth-order valence-electron chi connectivity index (χ4n) is 1.60. The lowest BCUT2D eigenvalue weighted by molar-refractivity contribution is 0.148. The molecule has 1 aromatic rings. The Morgan fingerprint density at radius 3 is 2.59 bits per heavy atom. The fourth-order valence-corrected chi connectivity index (χ4v) is 1.60. The summed E-state index contributed by atoms with van der Waals surface area (Å²) in [7, 11) is 0. The van der Waals surface area contributed by atoms with Gasteiger partial charge in [-0.15, -0.1) is 0 Å². The molecule has 1 atom stereocenters. The average molecular weight is 241 g/mol. The fraction of sp³-hybridized carbons (Fsp3) is 0.538. The third-order valence-electron chi connectivity index (χ3n) is 2.77. The number of benzene rings is 1. The van der Waals surface area contributed by atoms with Crippen molar-refractivity contribution in [1.29, 1.82) is 0 Å². The highest BCUT2D eigenvalue weighted by atomic mass is 19.1. The molecule has 1 unspecified atom stereocenters. The van der Waals surface area contributed by atoms with E-state index in [9.17, 15) is 9.50 Å². The molecule has 0 bridgehead atoms. The molecule has 0 radical (unpaired) electrons. The van der Waals surface area contributed by atoms with Crippen LogP contribution < -0.4 is 5.32 Å². The largest absolute Gasteiger partial charge is 0.396 e. The van der Waals surface area contributed by atoms with E-state index in [1.54, 1.807) is 18.2 Å². The van der Waals surface area contributed by atoms with Gasteiger partial charge in [-0.05, 0) is 26.3 Å². The predicted molar refractivity (Wildman–Crippen MR) is 65.1 cm³/mol. The van der Waals surface area contributed by atoms with Crippen molar-refractivity contribution in [1.82, 2.24) is 5.32 Å². The topological polar surface area (TPSA) is 52.5 Å². The quantitative estimate of drug-likeness (QED) is 0.709. The first-order valence-corrected chi connectivity index (χ1v) is 5.74. The Hall–Kier alpha value is -0.970. The molecule has 0 spiro atoms. The molecule has 4 heteroatoms. The summed E-state index contributed by atoms with van der Waals surface area (Å²) < 4.78 is 13.4. The van der Waals surface area contributed by atoms with Crippen molar-refractivity contribution in [3.63, 3.8) is 0 Å². The van der Waals surface area contributed by atoms with Crippen molar-refractivity contribution in [3.8, 4) is 0 Å². The lowest BCUT2D eigenvalue weighted by atomic mass is 10.00. The first kappa shape index (κ1) is 14.1. The maximum atomic E-state index is 13.4. The van der Waals surface area contributed by atoms with E-state index in [4.69, 9.17) is 5.11 Å². The van der Waals surface area contributed by atoms with Gasteiger partial charge in [0.25, 0.3) is 0 Å². The highest BCUT2D eigenvalue weighted by Gasteiger charge is 2.19. The summed E-state index contributed by atoms with van der Waals surface area (Å²) >= 11 is 0. The smallest absolute Gasteiger partial charge is 0.129 e. The van der Waals surface area contributed by atoms with Gasteiger partial charge in [0.15, 0.2) is 0 Å². The van der Waals surface area contributed by atoms with Crippen LogP contribution in [0.1, 0.15) is 31.9 Å². The molecular weight excluding hydrogens is 221 g/mol. The molecule has 17 heavy (non-hydrogen) atoms. The molecule has 0 aromatic heterocycles. The zero-order valence-corrected chi connectivity index (χ0v) is 10.3. The molecule has 0 amide bonds. The molecule has 0 aliphatic carbocycles. The van der Waals surface area contributed by atoms with Crippen LogP contribution in [0.15, 0.2) is 24.3 Å². The Balaban J connectivity index is 2.56. The van der Waals surface area contributed by atoms with Crippen LogP contribution in [-0.4, -0.2) is 28.9 Å². The van der Waals surface area contributed by atoms with E-state index in [0.29, 0.717) is 12.0 Å². The Labute approximate surface area is 101 Å². The van der Waals surface area contributed by atoms with Gasteiger partial charge in [-0.25, -0.2) is 4.39 Å². The number of hydrogen-bond donors (Lipinski definition) is 3. The van der Waals surface area contributed by atoms with Crippen LogP contribution in [0.2, 0.25) is 0 Å². The molecule has 3 N–H and O–H groups in total. The Kier molecular flexibility index (Phi) is 5.05. The summed E-state index contributed by atoms with van der Waals surface area (Å²) in [6.45, 7) is 4.19. The van der Waals surface area contributed by atoms with Gasteiger partial charge in [-0.2, -0.15) is 0 Å². The van der Waals surface area contributed by atoms with Crippen molar-refractivity contribution in [2.45, 2.75) is 31.9 Å². The first-order chi connectivity index (χ1) is 7.96. The Morgan fingerprint density at radius 1 is 1.35 bits per heavy atom. The van der Waals surface area contributed by atoms with Crippen LogP contribution in [0.25, 0.3) is 0 Å². The minimum Gasteiger partial charge on any atom is -0.396 e. The predicted octanol–water partition coefficient (Wildman–Crippen LogP) is 1.61. The Bertz CT molecular complexity index is 355. The maximum absolute atomic E-state index is 13.4. The SMILES string of the molecule is CC(C)(CCO)NCC(O)c1ccccc1F. The molecule has 0 aliphatic heterocycles. The van der Waals surface area contributed by atoms with Crippen LogP contribution in [0.3, 0.4) is 0 Å². The van der Waals surface area contributed by atoms with Gasteiger partial charge < -0.3 is 15.5 Å². The van der Waals surface area contributed by atoms with E-state index in [0.717, 1.165) is 0 Å². The van der Waals surface area contributed by atoms with Gasteiger partial charge in [-0.3, -0.25) is 0 Å². The number of β-amino-alcohol motifs (C(OH)–C–C–N with tert-alkyl or cyclic N) is 1. The molecule has 3 nitrogen and oxygen atoms in total. The second kappa shape index (κ2) is 6.10. The van der Waals surface area contributed by atoms with Gasteiger partial charge >= 0.3 is 0 Å². The van der Waals surface area contributed by atoms with Crippen LogP contribution in [-0.2, 0) is 0 Å². The number of nitrogens with one attached hydrogen (secondary N) is 1. The van der Waals surface area contributed by atoms with Gasteiger partial charge in [0.1, 0.15) is 5.82 Å². The van der Waals surface area contributed by atoms with E-state index in [-0.39, 0.29) is 18.7 Å². The molecule has 0 saturated carbocycles. The molecule has 0 aliphatic rings. The highest BCUT2D eigenvalue weighted by molar-refractivity contribution is 5.20.